The second-order valence-corrected chi connectivity index (χ2v) is 6.09. The number of aliphatic hydroxyl groups excluding tert-OH is 1. The van der Waals surface area contributed by atoms with Crippen molar-refractivity contribution in [3.05, 3.63) is 34.3 Å². The van der Waals surface area contributed by atoms with Gasteiger partial charge < -0.3 is 15.6 Å². The Balaban J connectivity index is 1.97. The molecular weight excluding hydrogens is 338 g/mol. The highest BCUT2D eigenvalue weighted by atomic mass is 79.9. The molecular formula is C15H18BrNO4. The van der Waals surface area contributed by atoms with E-state index in [1.807, 2.05) is 24.3 Å². The van der Waals surface area contributed by atoms with Gasteiger partial charge in [0.2, 0.25) is 5.91 Å². The fraction of sp³-hybridized carbons (Fsp3) is 0.467. The van der Waals surface area contributed by atoms with Gasteiger partial charge in [0, 0.05) is 10.0 Å². The molecule has 1 fully saturated rings. The van der Waals surface area contributed by atoms with Crippen molar-refractivity contribution >= 4 is 27.8 Å². The van der Waals surface area contributed by atoms with E-state index in [2.05, 4.69) is 15.9 Å². The highest BCUT2D eigenvalue weighted by molar-refractivity contribution is 9.10. The number of aliphatic hydroxyl groups is 1. The highest BCUT2D eigenvalue weighted by Crippen LogP contribution is 2.30. The molecule has 0 spiro atoms. The number of amides is 1. The van der Waals surface area contributed by atoms with Gasteiger partial charge in [0.25, 0.3) is 0 Å². The Bertz CT molecular complexity index is 534. The zero-order chi connectivity index (χ0) is 15.4. The van der Waals surface area contributed by atoms with Crippen molar-refractivity contribution in [2.45, 2.75) is 32.0 Å². The molecule has 114 valence electrons. The first kappa shape index (κ1) is 16.0. The molecule has 0 aromatic heterocycles. The van der Waals surface area contributed by atoms with E-state index in [4.69, 9.17) is 10.5 Å². The lowest BCUT2D eigenvalue weighted by Crippen LogP contribution is -2.44. The summed E-state index contributed by atoms with van der Waals surface area (Å²) in [5.74, 6) is -2.39. The summed E-state index contributed by atoms with van der Waals surface area (Å²) < 4.78 is 6.12. The average molecular weight is 356 g/mol. The van der Waals surface area contributed by atoms with Crippen molar-refractivity contribution < 1.29 is 19.4 Å². The normalized spacial score (nSPS) is 25.3. The Kier molecular flexibility index (Phi) is 5.36. The van der Waals surface area contributed by atoms with Crippen LogP contribution in [0.3, 0.4) is 0 Å². The van der Waals surface area contributed by atoms with E-state index in [1.54, 1.807) is 0 Å². The van der Waals surface area contributed by atoms with Gasteiger partial charge in [-0.15, -0.1) is 0 Å². The fourth-order valence-corrected chi connectivity index (χ4v) is 3.02. The Morgan fingerprint density at radius 1 is 1.29 bits per heavy atom. The Labute approximate surface area is 131 Å². The molecule has 21 heavy (non-hydrogen) atoms. The Morgan fingerprint density at radius 2 is 1.95 bits per heavy atom. The minimum absolute atomic E-state index is 0.130. The summed E-state index contributed by atoms with van der Waals surface area (Å²) in [6, 6.07) is 7.44. The van der Waals surface area contributed by atoms with Crippen LogP contribution in [0, 0.1) is 11.8 Å². The molecule has 0 heterocycles. The van der Waals surface area contributed by atoms with E-state index in [0.29, 0.717) is 19.3 Å². The predicted molar refractivity (Wildman–Crippen MR) is 80.0 cm³/mol. The number of primary amides is 1. The highest BCUT2D eigenvalue weighted by Gasteiger charge is 2.39. The van der Waals surface area contributed by atoms with Gasteiger partial charge >= 0.3 is 5.97 Å². The molecule has 3 atom stereocenters. The molecule has 0 unspecified atom stereocenters. The molecule has 3 N–H and O–H groups in total. The summed E-state index contributed by atoms with van der Waals surface area (Å²) in [6.45, 7) is 0.130. The number of hydrogen-bond donors (Lipinski definition) is 2. The molecule has 0 saturated heterocycles. The molecule has 1 aromatic carbocycles. The Hall–Kier alpha value is -1.40. The number of halogens is 1. The number of carbonyl (C=O) groups excluding carboxylic acids is 2. The number of nitrogens with two attached hydrogens (primary N) is 1. The van der Waals surface area contributed by atoms with E-state index < -0.39 is 29.8 Å². The molecule has 6 heteroatoms. The third-order valence-electron chi connectivity index (χ3n) is 3.85. The monoisotopic (exact) mass is 355 g/mol. The van der Waals surface area contributed by atoms with Gasteiger partial charge in [0.15, 0.2) is 0 Å². The zero-order valence-corrected chi connectivity index (χ0v) is 13.1. The number of esters is 1. The van der Waals surface area contributed by atoms with E-state index >= 15 is 0 Å². The summed E-state index contributed by atoms with van der Waals surface area (Å²) in [6.07, 6.45) is 0.659. The Morgan fingerprint density at radius 3 is 2.62 bits per heavy atom. The number of hydrogen-bond acceptors (Lipinski definition) is 4. The third-order valence-corrected chi connectivity index (χ3v) is 4.62. The first-order chi connectivity index (χ1) is 10.0. The second-order valence-electron chi connectivity index (χ2n) is 5.24. The lowest BCUT2D eigenvalue weighted by molar-refractivity contribution is -0.158. The zero-order valence-electron chi connectivity index (χ0n) is 11.5. The molecule has 1 aromatic rings. The van der Waals surface area contributed by atoms with Crippen LogP contribution in [0.5, 0.6) is 0 Å². The van der Waals surface area contributed by atoms with Crippen molar-refractivity contribution in [1.29, 1.82) is 0 Å². The van der Waals surface area contributed by atoms with Gasteiger partial charge in [-0.3, -0.25) is 9.59 Å². The predicted octanol–water partition coefficient (Wildman–Crippen LogP) is 1.75. The minimum atomic E-state index is -1.05. The molecule has 2 rings (SSSR count). The molecule has 0 bridgehead atoms. The number of ether oxygens (including phenoxy) is 1. The lowest BCUT2D eigenvalue weighted by Gasteiger charge is -2.31. The molecule has 1 saturated carbocycles. The van der Waals surface area contributed by atoms with E-state index in [9.17, 15) is 14.7 Å². The lowest BCUT2D eigenvalue weighted by atomic mass is 9.78. The van der Waals surface area contributed by atoms with Crippen LogP contribution in [0.1, 0.15) is 24.8 Å². The standard InChI is InChI=1S/C15H18BrNO4/c16-12-7-2-1-4-9(12)8-21-15(20)11-6-3-5-10(13(11)18)14(17)19/h1-2,4,7,10-11,13,18H,3,5-6,8H2,(H2,17,19)/t10-,11+,13+/m1/s1. The maximum Gasteiger partial charge on any atom is 0.311 e. The molecule has 1 amide bonds. The van der Waals surface area contributed by atoms with E-state index in [-0.39, 0.29) is 6.61 Å². The van der Waals surface area contributed by atoms with Crippen LogP contribution in [-0.4, -0.2) is 23.1 Å². The van der Waals surface area contributed by atoms with Crippen molar-refractivity contribution in [2.75, 3.05) is 0 Å². The molecule has 1 aliphatic carbocycles. The maximum atomic E-state index is 12.1. The molecule has 1 aliphatic rings. The smallest absolute Gasteiger partial charge is 0.311 e. The van der Waals surface area contributed by atoms with Gasteiger partial charge in [0.1, 0.15) is 6.61 Å². The largest absolute Gasteiger partial charge is 0.460 e. The van der Waals surface area contributed by atoms with Crippen molar-refractivity contribution in [3.8, 4) is 0 Å². The van der Waals surface area contributed by atoms with Crippen LogP contribution < -0.4 is 5.73 Å². The van der Waals surface area contributed by atoms with Crippen molar-refractivity contribution in [1.82, 2.24) is 0 Å². The third kappa shape index (κ3) is 3.83. The first-order valence-electron chi connectivity index (χ1n) is 6.88. The number of carbonyl (C=O) groups is 2. The maximum absolute atomic E-state index is 12.1. The van der Waals surface area contributed by atoms with Gasteiger partial charge in [-0.1, -0.05) is 40.5 Å². The summed E-state index contributed by atoms with van der Waals surface area (Å²) in [7, 11) is 0. The summed E-state index contributed by atoms with van der Waals surface area (Å²) >= 11 is 3.38. The SMILES string of the molecule is NC(=O)[C@@H]1CCC[C@H](C(=O)OCc2ccccc2Br)[C@H]1O. The summed E-state index contributed by atoms with van der Waals surface area (Å²) in [5.41, 5.74) is 6.10. The number of benzene rings is 1. The van der Waals surface area contributed by atoms with Crippen LogP contribution in [0.4, 0.5) is 0 Å². The van der Waals surface area contributed by atoms with Crippen LogP contribution in [0.25, 0.3) is 0 Å². The molecule has 0 radical (unpaired) electrons. The van der Waals surface area contributed by atoms with E-state index in [0.717, 1.165) is 10.0 Å². The van der Waals surface area contributed by atoms with Gasteiger partial charge in [0.05, 0.1) is 17.9 Å². The van der Waals surface area contributed by atoms with Gasteiger partial charge in [-0.05, 0) is 18.9 Å². The molecule has 0 aliphatic heterocycles. The van der Waals surface area contributed by atoms with Crippen LogP contribution in [0.2, 0.25) is 0 Å². The average Bonchev–Trinajstić information content (AvgIpc) is 2.46. The van der Waals surface area contributed by atoms with E-state index in [1.165, 1.54) is 0 Å². The van der Waals surface area contributed by atoms with Crippen LogP contribution in [0.15, 0.2) is 28.7 Å². The summed E-state index contributed by atoms with van der Waals surface area (Å²) in [5, 5.41) is 10.1. The van der Waals surface area contributed by atoms with Crippen LogP contribution >= 0.6 is 15.9 Å². The fourth-order valence-electron chi connectivity index (χ4n) is 2.62. The molecule has 5 nitrogen and oxygen atoms in total. The number of rotatable bonds is 4. The minimum Gasteiger partial charge on any atom is -0.460 e. The summed E-state index contributed by atoms with van der Waals surface area (Å²) in [4.78, 5) is 23.4. The van der Waals surface area contributed by atoms with Crippen molar-refractivity contribution in [2.24, 2.45) is 17.6 Å². The van der Waals surface area contributed by atoms with Gasteiger partial charge in [-0.2, -0.15) is 0 Å². The first-order valence-corrected chi connectivity index (χ1v) is 7.67. The second kappa shape index (κ2) is 7.04. The van der Waals surface area contributed by atoms with Gasteiger partial charge in [-0.25, -0.2) is 0 Å². The topological polar surface area (TPSA) is 89.6 Å². The van der Waals surface area contributed by atoms with Crippen LogP contribution in [-0.2, 0) is 20.9 Å². The van der Waals surface area contributed by atoms with Crippen molar-refractivity contribution in [3.63, 3.8) is 0 Å². The quantitative estimate of drug-likeness (QED) is 0.805.